The molecule has 10 nitrogen and oxygen atoms in total. The van der Waals surface area contributed by atoms with Crippen LogP contribution in [0.3, 0.4) is 0 Å². The summed E-state index contributed by atoms with van der Waals surface area (Å²) in [6.45, 7) is 0.604. The molecule has 180 valence electrons. The van der Waals surface area contributed by atoms with Crippen LogP contribution in [0.25, 0.3) is 16.6 Å². The van der Waals surface area contributed by atoms with E-state index in [9.17, 15) is 0 Å². The summed E-state index contributed by atoms with van der Waals surface area (Å²) in [4.78, 5) is 0. The van der Waals surface area contributed by atoms with Crippen LogP contribution in [0.1, 0.15) is 24.1 Å². The number of pyridine rings is 1. The van der Waals surface area contributed by atoms with Gasteiger partial charge in [-0.15, -0.1) is 34.4 Å². The molecule has 0 amide bonds. The second kappa shape index (κ2) is 10.6. The van der Waals surface area contributed by atoms with Gasteiger partial charge in [0.1, 0.15) is 0 Å². The number of nitrogens with zero attached hydrogens (tertiary/aromatic N) is 5. The van der Waals surface area contributed by atoms with Gasteiger partial charge in [-0.25, -0.2) is 18.6 Å². The van der Waals surface area contributed by atoms with Gasteiger partial charge in [0.2, 0.25) is 17.2 Å². The zero-order valence-corrected chi connectivity index (χ0v) is 20.1. The molecule has 5 rings (SSSR count). The summed E-state index contributed by atoms with van der Waals surface area (Å²) in [5.74, 6) is 2.83. The topological polar surface area (TPSA) is 152 Å². The summed E-state index contributed by atoms with van der Waals surface area (Å²) in [6, 6.07) is 16.7. The van der Waals surface area contributed by atoms with Crippen LogP contribution >= 0.6 is 12.6 Å². The minimum atomic E-state index is -4.94. The van der Waals surface area contributed by atoms with E-state index in [2.05, 4.69) is 68.2 Å². The standard InChI is InChI=1S/C23H20N6S.ClHO4/c1-2-12-28-21-9-4-3-6-16(21)13-17-14-19(10-11-22(17)28)24-18-7-5-8-20(15-18)29-23(30)25-26-27-29;2-1(3,4)5/h1,5,7-8,10-11,13-15,24H,3-4,6,9,12H2;(H,2,3,4,5). The number of hydrogen-bond acceptors (Lipinski definition) is 9. The zero-order valence-electron chi connectivity index (χ0n) is 18.4. The first kappa shape index (κ1) is 24.9. The molecule has 0 fully saturated rings. The van der Waals surface area contributed by atoms with Gasteiger partial charge >= 0.3 is 0 Å². The summed E-state index contributed by atoms with van der Waals surface area (Å²) >= 11 is 4.29. The molecule has 35 heavy (non-hydrogen) atoms. The number of fused-ring (bicyclic) bond motifs is 2. The number of rotatable bonds is 4. The first-order valence-electron chi connectivity index (χ1n) is 10.6. The Hall–Kier alpha value is -3.24. The fraction of sp³-hybridized carbons (Fsp3) is 0.217. The lowest BCUT2D eigenvalue weighted by atomic mass is 9.94. The molecule has 1 aliphatic carbocycles. The van der Waals surface area contributed by atoms with Crippen molar-refractivity contribution < 1.29 is 33.4 Å². The van der Waals surface area contributed by atoms with Crippen molar-refractivity contribution in [3.05, 3.63) is 59.8 Å². The molecule has 0 saturated heterocycles. The predicted molar refractivity (Wildman–Crippen MR) is 119 cm³/mol. The van der Waals surface area contributed by atoms with Gasteiger partial charge in [-0.05, 0) is 72.0 Å². The fourth-order valence-corrected chi connectivity index (χ4v) is 4.40. The lowest BCUT2D eigenvalue weighted by Crippen LogP contribution is -2.68. The molecule has 12 heteroatoms. The molecule has 1 N–H and O–H groups in total. The summed E-state index contributed by atoms with van der Waals surface area (Å²) in [5.41, 5.74) is 6.81. The zero-order chi connectivity index (χ0) is 25.0. The van der Waals surface area contributed by atoms with Crippen LogP contribution < -0.4 is 28.5 Å². The van der Waals surface area contributed by atoms with Gasteiger partial charge in [-0.1, -0.05) is 6.07 Å². The quantitative estimate of drug-likeness (QED) is 0.198. The van der Waals surface area contributed by atoms with E-state index in [1.165, 1.54) is 35.0 Å². The van der Waals surface area contributed by atoms with Crippen LogP contribution in [0.4, 0.5) is 11.4 Å². The van der Waals surface area contributed by atoms with E-state index in [0.717, 1.165) is 29.9 Å². The minimum absolute atomic E-state index is 0.445. The maximum atomic E-state index is 8.49. The van der Waals surface area contributed by atoms with Crippen LogP contribution in [0.15, 0.2) is 53.7 Å². The molecule has 4 aromatic rings. The van der Waals surface area contributed by atoms with Crippen molar-refractivity contribution in [1.29, 1.82) is 0 Å². The van der Waals surface area contributed by atoms with Crippen LogP contribution in [0.2, 0.25) is 0 Å². The third-order valence-electron chi connectivity index (χ3n) is 5.54. The molecule has 0 saturated carbocycles. The average molecular weight is 513 g/mol. The number of aryl methyl sites for hydroxylation is 1. The molecule has 0 spiro atoms. The Kier molecular flexibility index (Phi) is 7.51. The first-order chi connectivity index (χ1) is 16.7. The van der Waals surface area contributed by atoms with Crippen molar-refractivity contribution in [1.82, 2.24) is 20.2 Å². The van der Waals surface area contributed by atoms with Gasteiger partial charge in [0.05, 0.1) is 5.69 Å². The molecule has 2 aromatic heterocycles. The van der Waals surface area contributed by atoms with Crippen molar-refractivity contribution in [3.8, 4) is 18.0 Å². The molecule has 0 unspecified atom stereocenters. The molecule has 0 bridgehead atoms. The molecular weight excluding hydrogens is 492 g/mol. The highest BCUT2D eigenvalue weighted by Crippen LogP contribution is 2.27. The van der Waals surface area contributed by atoms with E-state index < -0.39 is 10.2 Å². The number of benzene rings is 2. The molecule has 1 aliphatic rings. The number of anilines is 2. The van der Waals surface area contributed by atoms with E-state index in [1.54, 1.807) is 4.68 Å². The van der Waals surface area contributed by atoms with Gasteiger partial charge in [-0.3, -0.25) is 0 Å². The average Bonchev–Trinajstić information content (AvgIpc) is 3.24. The summed E-state index contributed by atoms with van der Waals surface area (Å²) in [5, 5.41) is 16.6. The van der Waals surface area contributed by atoms with Crippen LogP contribution in [0, 0.1) is 22.6 Å². The van der Waals surface area contributed by atoms with Crippen molar-refractivity contribution in [2.24, 2.45) is 0 Å². The highest BCUT2D eigenvalue weighted by molar-refractivity contribution is 7.80. The Morgan fingerprint density at radius 2 is 1.80 bits per heavy atom. The minimum Gasteiger partial charge on any atom is -0.355 e. The lowest BCUT2D eigenvalue weighted by Gasteiger charge is -2.17. The Balaban J connectivity index is 0.000000527. The molecule has 0 radical (unpaired) electrons. The van der Waals surface area contributed by atoms with Gasteiger partial charge in [0, 0.05) is 34.8 Å². The maximum absolute atomic E-state index is 8.49. The Morgan fingerprint density at radius 1 is 1.06 bits per heavy atom. The fourth-order valence-electron chi connectivity index (χ4n) is 4.21. The molecule has 0 atom stereocenters. The molecule has 2 heterocycles. The summed E-state index contributed by atoms with van der Waals surface area (Å²) in [7, 11) is -4.94. The smallest absolute Gasteiger partial charge is 0.213 e. The lowest BCUT2D eigenvalue weighted by molar-refractivity contribution is -2.00. The normalized spacial score (nSPS) is 12.9. The van der Waals surface area contributed by atoms with E-state index in [4.69, 9.17) is 25.1 Å². The van der Waals surface area contributed by atoms with E-state index in [-0.39, 0.29) is 0 Å². The van der Waals surface area contributed by atoms with Gasteiger partial charge < -0.3 is 5.32 Å². The third-order valence-corrected chi connectivity index (χ3v) is 5.81. The van der Waals surface area contributed by atoms with Crippen molar-refractivity contribution >= 4 is 34.9 Å². The first-order valence-corrected chi connectivity index (χ1v) is 12.3. The second-order valence-electron chi connectivity index (χ2n) is 7.83. The highest BCUT2D eigenvalue weighted by Gasteiger charge is 2.23. The maximum Gasteiger partial charge on any atom is 0.213 e. The van der Waals surface area contributed by atoms with Crippen molar-refractivity contribution in [2.75, 3.05) is 5.32 Å². The van der Waals surface area contributed by atoms with Gasteiger partial charge in [-0.2, -0.15) is 9.25 Å². The van der Waals surface area contributed by atoms with Gasteiger partial charge in [0.25, 0.3) is 0 Å². The number of hydrogen-bond donors (Lipinski definition) is 2. The number of thiol groups is 1. The number of nitrogens with one attached hydrogen (secondary N) is 1. The van der Waals surface area contributed by atoms with E-state index in [1.807, 2.05) is 24.3 Å². The van der Waals surface area contributed by atoms with Crippen molar-refractivity contribution in [2.45, 2.75) is 37.4 Å². The van der Waals surface area contributed by atoms with E-state index in [0.29, 0.717) is 11.7 Å². The Morgan fingerprint density at radius 3 is 2.51 bits per heavy atom. The number of tetrazole rings is 1. The van der Waals surface area contributed by atoms with Crippen LogP contribution in [0.5, 0.6) is 0 Å². The summed E-state index contributed by atoms with van der Waals surface area (Å²) < 4.78 is 37.9. The highest BCUT2D eigenvalue weighted by atomic mass is 35.7. The monoisotopic (exact) mass is 512 g/mol. The van der Waals surface area contributed by atoms with E-state index >= 15 is 0 Å². The second-order valence-corrected chi connectivity index (χ2v) is 8.99. The molecular formula is C23H21ClN6O4S. The number of aromatic nitrogens is 5. The molecule has 0 aliphatic heterocycles. The van der Waals surface area contributed by atoms with Crippen molar-refractivity contribution in [3.63, 3.8) is 0 Å². The third kappa shape index (κ3) is 6.26. The van der Waals surface area contributed by atoms with Crippen LogP contribution in [-0.2, 0) is 19.4 Å². The predicted octanol–water partition coefficient (Wildman–Crippen LogP) is -1.11. The molecule has 2 aromatic carbocycles. The number of terminal acetylenes is 1. The number of halogens is 1. The Labute approximate surface area is 209 Å². The van der Waals surface area contributed by atoms with Crippen LogP contribution in [-0.4, -0.2) is 20.2 Å². The Bertz CT molecular complexity index is 1390. The summed E-state index contributed by atoms with van der Waals surface area (Å²) in [6.07, 6.45) is 10.4. The largest absolute Gasteiger partial charge is 0.355 e. The van der Waals surface area contributed by atoms with Gasteiger partial charge in [0.15, 0.2) is 5.69 Å². The SMILES string of the molecule is C#CC[n+]1c2c(cc3cc(Nc4cccc(-n5nnnc5S)c4)ccc31)CCCC2.[O-][Cl+3]([O-])([O-])[O-].